The Hall–Kier alpha value is -7.55. The summed E-state index contributed by atoms with van der Waals surface area (Å²) in [4.78, 5) is 19.8. The van der Waals surface area contributed by atoms with E-state index >= 15 is 0 Å². The maximum atomic E-state index is 9.73. The number of nitrogens with zero attached hydrogens (tertiary/aromatic N) is 5. The highest BCUT2D eigenvalue weighted by molar-refractivity contribution is 6.08. The van der Waals surface area contributed by atoms with Crippen LogP contribution in [0.25, 0.3) is 89.4 Å². The molecule has 0 bridgehead atoms. The Balaban J connectivity index is 1.17. The number of fused-ring (bicyclic) bond motifs is 5. The zero-order valence-electron chi connectivity index (χ0n) is 31.5. The van der Waals surface area contributed by atoms with Crippen molar-refractivity contribution in [3.8, 4) is 84.7 Å². The fourth-order valence-corrected chi connectivity index (χ4v) is 8.32. The van der Waals surface area contributed by atoms with Crippen molar-refractivity contribution in [3.05, 3.63) is 193 Å². The maximum Gasteiger partial charge on any atom is 0.164 e. The Labute approximate surface area is 331 Å². The number of rotatable bonds is 6. The fourth-order valence-electron chi connectivity index (χ4n) is 8.32. The molecule has 0 N–H and O–H groups in total. The highest BCUT2D eigenvalue weighted by Gasteiger charge is 2.36. The lowest BCUT2D eigenvalue weighted by Crippen LogP contribution is -2.15. The second-order valence-electron chi connectivity index (χ2n) is 15.0. The Bertz CT molecular complexity index is 3020. The van der Waals surface area contributed by atoms with Crippen molar-refractivity contribution in [1.82, 2.24) is 19.9 Å². The smallest absolute Gasteiger partial charge is 0.164 e. The lowest BCUT2D eigenvalue weighted by Gasteiger charge is -2.22. The van der Waals surface area contributed by atoms with Crippen molar-refractivity contribution in [2.24, 2.45) is 0 Å². The molecule has 0 radical (unpaired) electrons. The molecule has 0 unspecified atom stereocenters. The number of pyridine rings is 1. The molecule has 1 aliphatic carbocycles. The van der Waals surface area contributed by atoms with Gasteiger partial charge in [-0.1, -0.05) is 141 Å². The van der Waals surface area contributed by atoms with Crippen LogP contribution >= 0.6 is 0 Å². The number of hydrogen-bond donors (Lipinski definition) is 0. The number of hydrogen-bond acceptors (Lipinski definition) is 5. The summed E-state index contributed by atoms with van der Waals surface area (Å²) in [5, 5.41) is 12.1. The molecule has 9 aromatic rings. The lowest BCUT2D eigenvalue weighted by atomic mass is 9.81. The topological polar surface area (TPSA) is 75.3 Å². The molecule has 10 rings (SSSR count). The minimum absolute atomic E-state index is 0.232. The van der Waals surface area contributed by atoms with E-state index in [9.17, 15) is 5.26 Å². The first kappa shape index (κ1) is 34.0. The van der Waals surface area contributed by atoms with Crippen LogP contribution in [0, 0.1) is 11.3 Å². The van der Waals surface area contributed by atoms with Crippen molar-refractivity contribution >= 4 is 10.8 Å². The first-order valence-corrected chi connectivity index (χ1v) is 19.1. The van der Waals surface area contributed by atoms with Crippen LogP contribution in [0.1, 0.15) is 30.5 Å². The Morgan fingerprint density at radius 2 is 1.05 bits per heavy atom. The highest BCUT2D eigenvalue weighted by atomic mass is 15.0. The number of nitriles is 1. The molecule has 5 nitrogen and oxygen atoms in total. The number of aromatic nitrogens is 4. The Morgan fingerprint density at radius 1 is 0.439 bits per heavy atom. The largest absolute Gasteiger partial charge is 0.264 e. The maximum absolute atomic E-state index is 9.73. The van der Waals surface area contributed by atoms with Crippen molar-refractivity contribution in [3.63, 3.8) is 0 Å². The molecule has 5 heteroatoms. The van der Waals surface area contributed by atoms with Crippen molar-refractivity contribution in [2.45, 2.75) is 19.3 Å². The van der Waals surface area contributed by atoms with Gasteiger partial charge in [0.05, 0.1) is 11.6 Å². The summed E-state index contributed by atoms with van der Waals surface area (Å²) in [6.07, 6.45) is 3.70. The third-order valence-electron chi connectivity index (χ3n) is 11.2. The van der Waals surface area contributed by atoms with E-state index in [-0.39, 0.29) is 5.41 Å². The van der Waals surface area contributed by atoms with E-state index in [0.29, 0.717) is 23.0 Å². The van der Waals surface area contributed by atoms with Gasteiger partial charge in [-0.3, -0.25) is 4.98 Å². The molecule has 0 amide bonds. The second-order valence-corrected chi connectivity index (χ2v) is 15.0. The van der Waals surface area contributed by atoms with E-state index < -0.39 is 0 Å². The summed E-state index contributed by atoms with van der Waals surface area (Å²) >= 11 is 0. The van der Waals surface area contributed by atoms with E-state index in [0.717, 1.165) is 55.5 Å². The van der Waals surface area contributed by atoms with Gasteiger partial charge in [0.15, 0.2) is 17.5 Å². The first-order valence-electron chi connectivity index (χ1n) is 19.1. The molecule has 0 saturated heterocycles. The quantitative estimate of drug-likeness (QED) is 0.170. The zero-order chi connectivity index (χ0) is 38.5. The van der Waals surface area contributed by atoms with Gasteiger partial charge in [-0.2, -0.15) is 5.26 Å². The summed E-state index contributed by atoms with van der Waals surface area (Å²) < 4.78 is 0. The second kappa shape index (κ2) is 13.6. The summed E-state index contributed by atoms with van der Waals surface area (Å²) in [6, 6.07) is 59.1. The molecule has 2 heterocycles. The average molecular weight is 730 g/mol. The summed E-state index contributed by atoms with van der Waals surface area (Å²) in [6.45, 7) is 4.50. The van der Waals surface area contributed by atoms with Gasteiger partial charge in [-0.15, -0.1) is 0 Å². The monoisotopic (exact) mass is 729 g/mol. The average Bonchev–Trinajstić information content (AvgIpc) is 3.52. The molecule has 0 fully saturated rings. The molecular weight excluding hydrogens is 695 g/mol. The molecule has 0 aliphatic heterocycles. The van der Waals surface area contributed by atoms with E-state index in [1.807, 2.05) is 54.7 Å². The van der Waals surface area contributed by atoms with Crippen LogP contribution in [0.4, 0.5) is 0 Å². The van der Waals surface area contributed by atoms with Crippen molar-refractivity contribution in [1.29, 1.82) is 5.26 Å². The van der Waals surface area contributed by atoms with Gasteiger partial charge in [0, 0.05) is 40.1 Å². The van der Waals surface area contributed by atoms with Gasteiger partial charge in [-0.25, -0.2) is 15.0 Å². The van der Waals surface area contributed by atoms with Crippen LogP contribution in [0.5, 0.6) is 0 Å². The molecular formula is C52H35N5. The van der Waals surface area contributed by atoms with Gasteiger partial charge in [0.2, 0.25) is 0 Å². The van der Waals surface area contributed by atoms with Gasteiger partial charge in [0.25, 0.3) is 0 Å². The SMILES string of the molecule is CC1(C)c2cc(C#N)ccc2-c2c1ccc1c(-c3cc(-c4cccnc4)cc(-c4nc(-c5ccccc5)nc(-c5ccc(-c6ccccc6)cc5)n4)c3)cccc21. The third kappa shape index (κ3) is 5.96. The third-order valence-corrected chi connectivity index (χ3v) is 11.2. The van der Waals surface area contributed by atoms with Gasteiger partial charge in [-0.05, 0) is 97.2 Å². The molecule has 0 atom stereocenters. The molecule has 0 saturated carbocycles. The molecule has 1 aliphatic rings. The summed E-state index contributed by atoms with van der Waals surface area (Å²) in [5.74, 6) is 1.80. The first-order chi connectivity index (χ1) is 27.9. The van der Waals surface area contributed by atoms with E-state index in [4.69, 9.17) is 15.0 Å². The minimum atomic E-state index is -0.232. The Kier molecular flexibility index (Phi) is 8.13. The van der Waals surface area contributed by atoms with Gasteiger partial charge >= 0.3 is 0 Å². The summed E-state index contributed by atoms with van der Waals surface area (Å²) in [7, 11) is 0. The molecule has 2 aromatic heterocycles. The predicted molar refractivity (Wildman–Crippen MR) is 230 cm³/mol. The molecule has 7 aromatic carbocycles. The van der Waals surface area contributed by atoms with Gasteiger partial charge in [0.1, 0.15) is 0 Å². The zero-order valence-corrected chi connectivity index (χ0v) is 31.5. The van der Waals surface area contributed by atoms with Crippen LogP contribution in [-0.4, -0.2) is 19.9 Å². The standard InChI is InChI=1S/C52H35N5/c1-52(2)46-25-24-43-42(16-9-17-44(43)48(46)45-23-18-33(31-53)27-47(45)52)40-28-39(38-15-10-26-54-32-38)29-41(30-40)51-56-49(36-13-7-4-8-14-36)55-50(57-51)37-21-19-35(20-22-37)34-11-5-3-6-12-34/h3-30,32H,1-2H3. The normalized spacial score (nSPS) is 12.5. The van der Waals surface area contributed by atoms with E-state index in [2.05, 4.69) is 140 Å². The van der Waals surface area contributed by atoms with E-state index in [1.54, 1.807) is 6.20 Å². The minimum Gasteiger partial charge on any atom is -0.264 e. The Morgan fingerprint density at radius 3 is 1.75 bits per heavy atom. The van der Waals surface area contributed by atoms with Crippen LogP contribution in [0.3, 0.4) is 0 Å². The summed E-state index contributed by atoms with van der Waals surface area (Å²) in [5.41, 5.74) is 14.5. The predicted octanol–water partition coefficient (Wildman–Crippen LogP) is 12.6. The lowest BCUT2D eigenvalue weighted by molar-refractivity contribution is 0.660. The molecule has 268 valence electrons. The van der Waals surface area contributed by atoms with Crippen LogP contribution < -0.4 is 0 Å². The molecule has 57 heavy (non-hydrogen) atoms. The van der Waals surface area contributed by atoms with Crippen LogP contribution in [-0.2, 0) is 5.41 Å². The van der Waals surface area contributed by atoms with E-state index in [1.165, 1.54) is 27.6 Å². The molecule has 0 spiro atoms. The van der Waals surface area contributed by atoms with Crippen LogP contribution in [0.15, 0.2) is 176 Å². The number of benzene rings is 7. The van der Waals surface area contributed by atoms with Crippen molar-refractivity contribution in [2.75, 3.05) is 0 Å². The van der Waals surface area contributed by atoms with Crippen molar-refractivity contribution < 1.29 is 0 Å². The van der Waals surface area contributed by atoms with Crippen LogP contribution in [0.2, 0.25) is 0 Å². The highest BCUT2D eigenvalue weighted by Crippen LogP contribution is 2.52. The fraction of sp³-hybridized carbons (Fsp3) is 0.0577. The van der Waals surface area contributed by atoms with Gasteiger partial charge < -0.3 is 0 Å².